The molecule has 1 aromatic heterocycles. The Morgan fingerprint density at radius 1 is 1.20 bits per heavy atom. The van der Waals surface area contributed by atoms with E-state index in [1.807, 2.05) is 36.4 Å². The Balaban J connectivity index is 1.55. The number of nitrogens with one attached hydrogen (secondary N) is 1. The molecule has 5 nitrogen and oxygen atoms in total. The van der Waals surface area contributed by atoms with Gasteiger partial charge in [0.2, 0.25) is 12.7 Å². The third-order valence-electron chi connectivity index (χ3n) is 2.99. The van der Waals surface area contributed by atoms with E-state index in [-0.39, 0.29) is 19.1 Å². The molecule has 0 saturated carbocycles. The molecular weight excluding hydrogens is 256 g/mol. The van der Waals surface area contributed by atoms with E-state index in [1.165, 1.54) is 0 Å². The smallest absolute Gasteiger partial charge is 0.231 e. The van der Waals surface area contributed by atoms with Gasteiger partial charge in [-0.3, -0.25) is 9.78 Å². The van der Waals surface area contributed by atoms with Crippen LogP contribution < -0.4 is 14.8 Å². The Kier molecular flexibility index (Phi) is 3.50. The van der Waals surface area contributed by atoms with Crippen molar-refractivity contribution in [3.05, 3.63) is 53.9 Å². The molecule has 0 spiro atoms. The van der Waals surface area contributed by atoms with Gasteiger partial charge in [0.05, 0.1) is 6.42 Å². The minimum Gasteiger partial charge on any atom is -0.454 e. The number of rotatable bonds is 4. The summed E-state index contributed by atoms with van der Waals surface area (Å²) in [5.74, 6) is 1.41. The molecule has 5 heteroatoms. The van der Waals surface area contributed by atoms with Crippen LogP contribution in [0.4, 0.5) is 0 Å². The third-order valence-corrected chi connectivity index (χ3v) is 2.99. The molecule has 1 aliphatic heterocycles. The Morgan fingerprint density at radius 3 is 2.95 bits per heavy atom. The van der Waals surface area contributed by atoms with Crippen LogP contribution in [0.3, 0.4) is 0 Å². The SMILES string of the molecule is O=C(Cc1ccccn1)NCc1ccc2c(c1)OCO2. The number of nitrogens with zero attached hydrogens (tertiary/aromatic N) is 1. The maximum absolute atomic E-state index is 11.8. The summed E-state index contributed by atoms with van der Waals surface area (Å²) >= 11 is 0. The van der Waals surface area contributed by atoms with E-state index in [1.54, 1.807) is 6.20 Å². The van der Waals surface area contributed by atoms with Crippen molar-refractivity contribution in [2.24, 2.45) is 0 Å². The maximum Gasteiger partial charge on any atom is 0.231 e. The topological polar surface area (TPSA) is 60.5 Å². The van der Waals surface area contributed by atoms with E-state index in [0.717, 1.165) is 22.8 Å². The minimum absolute atomic E-state index is 0.0543. The molecule has 0 aliphatic carbocycles. The van der Waals surface area contributed by atoms with Crippen LogP contribution in [-0.4, -0.2) is 17.7 Å². The Hall–Kier alpha value is -2.56. The number of hydrogen-bond donors (Lipinski definition) is 1. The van der Waals surface area contributed by atoms with Gasteiger partial charge in [-0.25, -0.2) is 0 Å². The number of fused-ring (bicyclic) bond motifs is 1. The van der Waals surface area contributed by atoms with Crippen LogP contribution in [0.2, 0.25) is 0 Å². The molecule has 0 fully saturated rings. The summed E-state index contributed by atoms with van der Waals surface area (Å²) in [4.78, 5) is 15.9. The monoisotopic (exact) mass is 270 g/mol. The number of hydrogen-bond acceptors (Lipinski definition) is 4. The van der Waals surface area contributed by atoms with E-state index in [0.29, 0.717) is 6.54 Å². The van der Waals surface area contributed by atoms with Crippen LogP contribution in [0.25, 0.3) is 0 Å². The summed E-state index contributed by atoms with van der Waals surface area (Å²) in [7, 11) is 0. The lowest BCUT2D eigenvalue weighted by molar-refractivity contribution is -0.120. The standard InChI is InChI=1S/C15H14N2O3/c18-15(8-12-3-1-2-6-16-12)17-9-11-4-5-13-14(7-11)20-10-19-13/h1-7H,8-10H2,(H,17,18). The number of aromatic nitrogens is 1. The van der Waals surface area contributed by atoms with Gasteiger partial charge in [0.15, 0.2) is 11.5 Å². The molecule has 0 saturated heterocycles. The molecule has 102 valence electrons. The molecule has 1 aromatic carbocycles. The van der Waals surface area contributed by atoms with Crippen LogP contribution in [0.1, 0.15) is 11.3 Å². The van der Waals surface area contributed by atoms with E-state index >= 15 is 0 Å². The zero-order valence-electron chi connectivity index (χ0n) is 10.8. The normalized spacial score (nSPS) is 12.2. The van der Waals surface area contributed by atoms with Crippen molar-refractivity contribution in [2.45, 2.75) is 13.0 Å². The highest BCUT2D eigenvalue weighted by Gasteiger charge is 2.13. The zero-order chi connectivity index (χ0) is 13.8. The van der Waals surface area contributed by atoms with Crippen LogP contribution in [0.15, 0.2) is 42.6 Å². The van der Waals surface area contributed by atoms with Crippen molar-refractivity contribution >= 4 is 5.91 Å². The predicted molar refractivity (Wildman–Crippen MR) is 72.4 cm³/mol. The number of amides is 1. The highest BCUT2D eigenvalue weighted by molar-refractivity contribution is 5.78. The van der Waals surface area contributed by atoms with Gasteiger partial charge in [0, 0.05) is 18.4 Å². The number of pyridine rings is 1. The Labute approximate surface area is 116 Å². The molecule has 2 heterocycles. The Bertz CT molecular complexity index is 614. The molecule has 2 aromatic rings. The fraction of sp³-hybridized carbons (Fsp3) is 0.200. The van der Waals surface area contributed by atoms with Crippen LogP contribution in [-0.2, 0) is 17.8 Å². The highest BCUT2D eigenvalue weighted by atomic mass is 16.7. The average molecular weight is 270 g/mol. The minimum atomic E-state index is -0.0543. The second-order valence-electron chi connectivity index (χ2n) is 4.46. The number of carbonyl (C=O) groups is 1. The van der Waals surface area contributed by atoms with Gasteiger partial charge >= 0.3 is 0 Å². The first kappa shape index (κ1) is 12.5. The molecular formula is C15H14N2O3. The lowest BCUT2D eigenvalue weighted by Gasteiger charge is -2.06. The number of carbonyl (C=O) groups excluding carboxylic acids is 1. The number of ether oxygens (including phenoxy) is 2. The van der Waals surface area contributed by atoms with Gasteiger partial charge in [-0.05, 0) is 29.8 Å². The second-order valence-corrected chi connectivity index (χ2v) is 4.46. The molecule has 3 rings (SSSR count). The first-order chi connectivity index (χ1) is 9.81. The predicted octanol–water partition coefficient (Wildman–Crippen LogP) is 1.67. The summed E-state index contributed by atoms with van der Waals surface area (Å²) in [5.41, 5.74) is 1.74. The molecule has 20 heavy (non-hydrogen) atoms. The van der Waals surface area contributed by atoms with Gasteiger partial charge < -0.3 is 14.8 Å². The molecule has 1 aliphatic rings. The molecule has 1 amide bonds. The van der Waals surface area contributed by atoms with Crippen molar-refractivity contribution in [3.63, 3.8) is 0 Å². The van der Waals surface area contributed by atoms with Gasteiger partial charge in [-0.2, -0.15) is 0 Å². The van der Waals surface area contributed by atoms with Crippen LogP contribution in [0, 0.1) is 0 Å². The van der Waals surface area contributed by atoms with Crippen molar-refractivity contribution in [1.82, 2.24) is 10.3 Å². The average Bonchev–Trinajstić information content (AvgIpc) is 2.93. The highest BCUT2D eigenvalue weighted by Crippen LogP contribution is 2.32. The van der Waals surface area contributed by atoms with E-state index in [9.17, 15) is 4.79 Å². The first-order valence-electron chi connectivity index (χ1n) is 6.36. The van der Waals surface area contributed by atoms with Crippen molar-refractivity contribution in [1.29, 1.82) is 0 Å². The summed E-state index contributed by atoms with van der Waals surface area (Å²) < 4.78 is 10.5. The molecule has 1 N–H and O–H groups in total. The van der Waals surface area contributed by atoms with E-state index < -0.39 is 0 Å². The second kappa shape index (κ2) is 5.61. The van der Waals surface area contributed by atoms with E-state index in [4.69, 9.17) is 9.47 Å². The molecule has 0 atom stereocenters. The van der Waals surface area contributed by atoms with Gasteiger partial charge in [0.25, 0.3) is 0 Å². The maximum atomic E-state index is 11.8. The summed E-state index contributed by atoms with van der Waals surface area (Å²) in [6.45, 7) is 0.715. The van der Waals surface area contributed by atoms with Crippen molar-refractivity contribution < 1.29 is 14.3 Å². The van der Waals surface area contributed by atoms with E-state index in [2.05, 4.69) is 10.3 Å². The summed E-state index contributed by atoms with van der Waals surface area (Å²) in [6.07, 6.45) is 1.96. The lowest BCUT2D eigenvalue weighted by atomic mass is 10.2. The molecule has 0 unspecified atom stereocenters. The number of benzene rings is 1. The fourth-order valence-corrected chi connectivity index (χ4v) is 1.98. The molecule has 0 radical (unpaired) electrons. The third kappa shape index (κ3) is 2.88. The van der Waals surface area contributed by atoms with Crippen LogP contribution >= 0.6 is 0 Å². The largest absolute Gasteiger partial charge is 0.454 e. The fourth-order valence-electron chi connectivity index (χ4n) is 1.98. The van der Waals surface area contributed by atoms with Crippen LogP contribution in [0.5, 0.6) is 11.5 Å². The first-order valence-corrected chi connectivity index (χ1v) is 6.36. The van der Waals surface area contributed by atoms with Gasteiger partial charge in [0.1, 0.15) is 0 Å². The van der Waals surface area contributed by atoms with Gasteiger partial charge in [-0.15, -0.1) is 0 Å². The van der Waals surface area contributed by atoms with Crippen molar-refractivity contribution in [3.8, 4) is 11.5 Å². The van der Waals surface area contributed by atoms with Crippen molar-refractivity contribution in [2.75, 3.05) is 6.79 Å². The summed E-state index contributed by atoms with van der Waals surface area (Å²) in [5, 5.41) is 2.86. The van der Waals surface area contributed by atoms with Gasteiger partial charge in [-0.1, -0.05) is 12.1 Å². The lowest BCUT2D eigenvalue weighted by Crippen LogP contribution is -2.24. The molecule has 0 bridgehead atoms. The Morgan fingerprint density at radius 2 is 2.10 bits per heavy atom. The summed E-state index contributed by atoms with van der Waals surface area (Å²) in [6, 6.07) is 11.2. The quantitative estimate of drug-likeness (QED) is 0.918. The zero-order valence-corrected chi connectivity index (χ0v) is 10.8.